The quantitative estimate of drug-likeness (QED) is 0.879. The van der Waals surface area contributed by atoms with Crippen LogP contribution in [0.3, 0.4) is 0 Å². The summed E-state index contributed by atoms with van der Waals surface area (Å²) in [5.74, 6) is -0.134. The van der Waals surface area contributed by atoms with E-state index in [2.05, 4.69) is 14.2 Å². The van der Waals surface area contributed by atoms with Crippen molar-refractivity contribution in [2.24, 2.45) is 0 Å². The molecule has 21 heavy (non-hydrogen) atoms. The summed E-state index contributed by atoms with van der Waals surface area (Å²) in [7, 11) is -2.66. The first-order chi connectivity index (χ1) is 9.71. The van der Waals surface area contributed by atoms with Gasteiger partial charge in [-0.3, -0.25) is 4.18 Å². The molecule has 5 nitrogen and oxygen atoms in total. The van der Waals surface area contributed by atoms with Crippen LogP contribution in [0.4, 0.5) is 13.2 Å². The zero-order chi connectivity index (χ0) is 15.7. The predicted octanol–water partition coefficient (Wildman–Crippen LogP) is 2.57. The van der Waals surface area contributed by atoms with E-state index >= 15 is 0 Å². The zero-order valence-corrected chi connectivity index (χ0v) is 11.6. The Morgan fingerprint density at radius 1 is 1.24 bits per heavy atom. The molecule has 1 aromatic carbocycles. The van der Waals surface area contributed by atoms with E-state index in [4.69, 9.17) is 0 Å². The maximum atomic E-state index is 12.4. The lowest BCUT2D eigenvalue weighted by Crippen LogP contribution is -2.06. The lowest BCUT2D eigenvalue weighted by Gasteiger charge is -2.06. The highest BCUT2D eigenvalue weighted by molar-refractivity contribution is 7.85. The van der Waals surface area contributed by atoms with Crippen molar-refractivity contribution in [3.8, 4) is 11.4 Å². The lowest BCUT2D eigenvalue weighted by atomic mass is 10.1. The minimum Gasteiger partial charge on any atom is -0.344 e. The van der Waals surface area contributed by atoms with Gasteiger partial charge in [-0.25, -0.2) is 4.98 Å². The van der Waals surface area contributed by atoms with E-state index < -0.39 is 27.6 Å². The summed E-state index contributed by atoms with van der Waals surface area (Å²) in [4.78, 5) is 6.72. The zero-order valence-electron chi connectivity index (χ0n) is 10.8. The number of H-pyrrole nitrogens is 1. The van der Waals surface area contributed by atoms with Crippen LogP contribution in [-0.2, 0) is 26.2 Å². The number of aromatic nitrogens is 2. The Labute approximate surface area is 118 Å². The van der Waals surface area contributed by atoms with Gasteiger partial charge >= 0.3 is 6.18 Å². The Hall–Kier alpha value is -1.87. The average molecular weight is 320 g/mol. The van der Waals surface area contributed by atoms with Gasteiger partial charge in [0.05, 0.1) is 18.4 Å². The summed E-state index contributed by atoms with van der Waals surface area (Å²) < 4.78 is 64.2. The molecule has 0 aliphatic carbocycles. The van der Waals surface area contributed by atoms with Gasteiger partial charge < -0.3 is 4.98 Å². The van der Waals surface area contributed by atoms with E-state index in [1.807, 2.05) is 0 Å². The van der Waals surface area contributed by atoms with Gasteiger partial charge in [-0.15, -0.1) is 0 Å². The fourth-order valence-corrected chi connectivity index (χ4v) is 2.27. The maximum Gasteiger partial charge on any atom is 0.416 e. The highest BCUT2D eigenvalue weighted by atomic mass is 32.2. The number of alkyl halides is 3. The van der Waals surface area contributed by atoms with E-state index in [0.717, 1.165) is 19.2 Å². The van der Waals surface area contributed by atoms with Crippen LogP contribution in [0.15, 0.2) is 30.5 Å². The molecule has 0 saturated carbocycles. The van der Waals surface area contributed by atoms with Crippen molar-refractivity contribution in [2.45, 2.75) is 11.9 Å². The Kier molecular flexibility index (Phi) is 4.06. The van der Waals surface area contributed by atoms with E-state index in [1.54, 1.807) is 0 Å². The fourth-order valence-electron chi connectivity index (χ4n) is 1.64. The molecule has 0 aliphatic heterocycles. The van der Waals surface area contributed by atoms with Crippen molar-refractivity contribution < 1.29 is 25.8 Å². The molecule has 1 N–H and O–H groups in total. The summed E-state index contributed by atoms with van der Waals surface area (Å²) in [5, 5.41) is 0. The van der Waals surface area contributed by atoms with E-state index in [0.29, 0.717) is 5.56 Å². The van der Waals surface area contributed by atoms with Gasteiger partial charge in [-0.1, -0.05) is 12.1 Å². The molecule has 0 fully saturated rings. The van der Waals surface area contributed by atoms with Gasteiger partial charge in [-0.2, -0.15) is 21.6 Å². The lowest BCUT2D eigenvalue weighted by molar-refractivity contribution is -0.137. The molecule has 2 aromatic rings. The predicted molar refractivity (Wildman–Crippen MR) is 68.7 cm³/mol. The highest BCUT2D eigenvalue weighted by Crippen LogP contribution is 2.30. The normalized spacial score (nSPS) is 12.6. The van der Waals surface area contributed by atoms with Gasteiger partial charge in [0.15, 0.2) is 0 Å². The van der Waals surface area contributed by atoms with Crippen LogP contribution in [0.2, 0.25) is 0 Å². The second-order valence-corrected chi connectivity index (χ2v) is 5.92. The van der Waals surface area contributed by atoms with Crippen LogP contribution in [0.1, 0.15) is 11.3 Å². The van der Waals surface area contributed by atoms with Crippen molar-refractivity contribution in [1.82, 2.24) is 9.97 Å². The van der Waals surface area contributed by atoms with Gasteiger partial charge in [0, 0.05) is 11.8 Å². The number of hydrogen-bond acceptors (Lipinski definition) is 4. The number of aromatic amines is 1. The SMILES string of the molecule is COS(=O)(=O)Cc1c[nH]c(-c2ccc(C(F)(F)F)cc2)n1. The van der Waals surface area contributed by atoms with Crippen molar-refractivity contribution in [2.75, 3.05) is 7.11 Å². The third-order valence-electron chi connectivity index (χ3n) is 2.70. The maximum absolute atomic E-state index is 12.4. The first-order valence-electron chi connectivity index (χ1n) is 5.71. The van der Waals surface area contributed by atoms with Crippen molar-refractivity contribution in [1.29, 1.82) is 0 Å². The molecule has 2 rings (SSSR count). The van der Waals surface area contributed by atoms with Crippen LogP contribution in [-0.4, -0.2) is 25.5 Å². The molecule has 0 unspecified atom stereocenters. The fraction of sp³-hybridized carbons (Fsp3) is 0.250. The second kappa shape index (κ2) is 5.49. The third-order valence-corrected chi connectivity index (χ3v) is 3.85. The second-order valence-electron chi connectivity index (χ2n) is 4.18. The molecule has 0 saturated heterocycles. The molecule has 0 bridgehead atoms. The van der Waals surface area contributed by atoms with E-state index in [1.165, 1.54) is 18.3 Å². The van der Waals surface area contributed by atoms with Crippen LogP contribution >= 0.6 is 0 Å². The van der Waals surface area contributed by atoms with Crippen molar-refractivity contribution in [3.63, 3.8) is 0 Å². The third kappa shape index (κ3) is 3.82. The Balaban J connectivity index is 2.22. The van der Waals surface area contributed by atoms with Crippen LogP contribution < -0.4 is 0 Å². The summed E-state index contributed by atoms with van der Waals surface area (Å²) in [6.07, 6.45) is -3.04. The van der Waals surface area contributed by atoms with Crippen molar-refractivity contribution in [3.05, 3.63) is 41.7 Å². The van der Waals surface area contributed by atoms with Gasteiger partial charge in [0.25, 0.3) is 10.1 Å². The molecule has 114 valence electrons. The average Bonchev–Trinajstić information content (AvgIpc) is 2.86. The number of hydrogen-bond donors (Lipinski definition) is 1. The largest absolute Gasteiger partial charge is 0.416 e. The number of benzene rings is 1. The summed E-state index contributed by atoms with van der Waals surface area (Å²) in [6.45, 7) is 0. The summed E-state index contributed by atoms with van der Waals surface area (Å²) >= 11 is 0. The smallest absolute Gasteiger partial charge is 0.344 e. The molecule has 0 radical (unpaired) electrons. The number of halogens is 3. The van der Waals surface area contributed by atoms with Gasteiger partial charge in [0.2, 0.25) is 0 Å². The minimum absolute atomic E-state index is 0.215. The molecule has 0 aliphatic rings. The number of imidazole rings is 1. The van der Waals surface area contributed by atoms with Crippen LogP contribution in [0.5, 0.6) is 0 Å². The number of nitrogens with one attached hydrogen (secondary N) is 1. The Morgan fingerprint density at radius 2 is 1.86 bits per heavy atom. The minimum atomic E-state index is -4.40. The van der Waals surface area contributed by atoms with Crippen molar-refractivity contribution >= 4 is 10.1 Å². The highest BCUT2D eigenvalue weighted by Gasteiger charge is 2.30. The van der Waals surface area contributed by atoms with E-state index in [9.17, 15) is 21.6 Å². The molecular weight excluding hydrogens is 309 g/mol. The molecule has 9 heteroatoms. The standard InChI is InChI=1S/C12H11F3N2O3S/c1-20-21(18,19)7-10-6-16-11(17-10)8-2-4-9(5-3-8)12(13,14)15/h2-6H,7H2,1H3,(H,16,17). The first kappa shape index (κ1) is 15.5. The molecule has 0 spiro atoms. The molecule has 0 amide bonds. The molecule has 0 atom stereocenters. The Morgan fingerprint density at radius 3 is 2.38 bits per heavy atom. The number of nitrogens with zero attached hydrogens (tertiary/aromatic N) is 1. The molecule has 1 heterocycles. The first-order valence-corrected chi connectivity index (χ1v) is 7.29. The summed E-state index contributed by atoms with van der Waals surface area (Å²) in [5.41, 5.74) is -0.129. The van der Waals surface area contributed by atoms with Gasteiger partial charge in [-0.05, 0) is 12.1 Å². The van der Waals surface area contributed by atoms with Crippen LogP contribution in [0, 0.1) is 0 Å². The topological polar surface area (TPSA) is 72.1 Å². The summed E-state index contributed by atoms with van der Waals surface area (Å²) in [6, 6.07) is 4.39. The van der Waals surface area contributed by atoms with Crippen LogP contribution in [0.25, 0.3) is 11.4 Å². The monoisotopic (exact) mass is 320 g/mol. The molecule has 1 aromatic heterocycles. The van der Waals surface area contributed by atoms with Gasteiger partial charge in [0.1, 0.15) is 11.6 Å². The Bertz CT molecular complexity index is 721. The number of rotatable bonds is 4. The van der Waals surface area contributed by atoms with E-state index in [-0.39, 0.29) is 11.5 Å². The molecular formula is C12H11F3N2O3S.